The monoisotopic (exact) mass is 414 g/mol. The fourth-order valence-electron chi connectivity index (χ4n) is 2.62. The van der Waals surface area contributed by atoms with Gasteiger partial charge in [0, 0.05) is 13.1 Å². The number of carbonyl (C=O) groups is 1. The first kappa shape index (κ1) is 18.8. The Kier molecular flexibility index (Phi) is 4.81. The quantitative estimate of drug-likeness (QED) is 0.738. The van der Waals surface area contributed by atoms with Crippen LogP contribution >= 0.6 is 23.2 Å². The lowest BCUT2D eigenvalue weighted by Gasteiger charge is -2.34. The zero-order valence-electron chi connectivity index (χ0n) is 14.2. The van der Waals surface area contributed by atoms with E-state index >= 15 is 0 Å². The zero-order valence-corrected chi connectivity index (χ0v) is 16.6. The van der Waals surface area contributed by atoms with Crippen molar-refractivity contribution in [2.45, 2.75) is 24.8 Å². The molecule has 0 atom stereocenters. The summed E-state index contributed by atoms with van der Waals surface area (Å²) in [5, 5.41) is 0.419. The zero-order chi connectivity index (χ0) is 19.2. The van der Waals surface area contributed by atoms with Crippen molar-refractivity contribution in [3.63, 3.8) is 0 Å². The first-order valence-corrected chi connectivity index (χ1v) is 9.91. The first-order chi connectivity index (χ1) is 12.1. The van der Waals surface area contributed by atoms with Crippen LogP contribution in [0.4, 0.5) is 16.2 Å². The molecule has 1 aliphatic heterocycles. The number of ether oxygens (including phenoxy) is 1. The Morgan fingerprint density at radius 3 is 2.35 bits per heavy atom. The summed E-state index contributed by atoms with van der Waals surface area (Å²) < 4.78 is 32.4. The van der Waals surface area contributed by atoms with Crippen LogP contribution in [0.2, 0.25) is 10.0 Å². The van der Waals surface area contributed by atoms with E-state index in [0.29, 0.717) is 10.1 Å². The maximum Gasteiger partial charge on any atom is 0.342 e. The third kappa shape index (κ3) is 3.11. The number of fused-ring (bicyclic) bond motifs is 1. The number of anilines is 2. The van der Waals surface area contributed by atoms with Gasteiger partial charge in [0.1, 0.15) is 10.6 Å². The predicted octanol–water partition coefficient (Wildman–Crippen LogP) is 4.55. The molecular weight excluding hydrogens is 399 g/mol. The highest BCUT2D eigenvalue weighted by Crippen LogP contribution is 2.39. The summed E-state index contributed by atoms with van der Waals surface area (Å²) in [6, 6.07) is 8.02. The molecule has 138 valence electrons. The molecule has 26 heavy (non-hydrogen) atoms. The van der Waals surface area contributed by atoms with Crippen molar-refractivity contribution in [2.24, 2.45) is 0 Å². The lowest BCUT2D eigenvalue weighted by atomic mass is 10.2. The highest BCUT2D eigenvalue weighted by Gasteiger charge is 2.41. The van der Waals surface area contributed by atoms with Crippen molar-refractivity contribution in [1.29, 1.82) is 0 Å². The Bertz CT molecular complexity index is 992. The molecule has 0 radical (unpaired) electrons. The Balaban J connectivity index is 2.15. The van der Waals surface area contributed by atoms with Gasteiger partial charge < -0.3 is 4.74 Å². The van der Waals surface area contributed by atoms with Gasteiger partial charge in [0.25, 0.3) is 10.0 Å². The Labute approximate surface area is 161 Å². The van der Waals surface area contributed by atoms with Gasteiger partial charge in [-0.05, 0) is 44.2 Å². The van der Waals surface area contributed by atoms with Crippen molar-refractivity contribution < 1.29 is 17.9 Å². The van der Waals surface area contributed by atoms with Crippen molar-refractivity contribution in [3.8, 4) is 5.75 Å². The normalized spacial score (nSPS) is 16.0. The Morgan fingerprint density at radius 2 is 1.73 bits per heavy atom. The minimum absolute atomic E-state index is 0.00165. The summed E-state index contributed by atoms with van der Waals surface area (Å²) in [5.74, 6) is 0.483. The first-order valence-electron chi connectivity index (χ1n) is 7.71. The second kappa shape index (κ2) is 6.64. The van der Waals surface area contributed by atoms with E-state index in [1.165, 1.54) is 42.3 Å². The number of halogens is 2. The second-order valence-electron chi connectivity index (χ2n) is 6.01. The summed E-state index contributed by atoms with van der Waals surface area (Å²) in [7, 11) is -2.61. The molecule has 0 unspecified atom stereocenters. The summed E-state index contributed by atoms with van der Waals surface area (Å²) in [4.78, 5) is 14.0. The van der Waals surface area contributed by atoms with E-state index in [2.05, 4.69) is 0 Å². The number of hydrogen-bond acceptors (Lipinski definition) is 4. The van der Waals surface area contributed by atoms with E-state index in [4.69, 9.17) is 27.9 Å². The van der Waals surface area contributed by atoms with E-state index in [-0.39, 0.29) is 32.4 Å². The molecule has 0 N–H and O–H groups in total. The van der Waals surface area contributed by atoms with Gasteiger partial charge in [-0.1, -0.05) is 23.2 Å². The summed E-state index contributed by atoms with van der Waals surface area (Å²) in [6.07, 6.45) is -0.0815. The molecule has 2 aromatic rings. The number of urea groups is 1. The molecule has 1 heterocycles. The lowest BCUT2D eigenvalue weighted by Crippen LogP contribution is -2.49. The third-order valence-corrected chi connectivity index (χ3v) is 6.27. The maximum absolute atomic E-state index is 13.1. The molecule has 2 amide bonds. The SMILES string of the molecule is CC(C)Oc1ccc2c(c1)N(C)C(=O)N(c1ccc(Cl)c(Cl)c1)S2(=O)=O. The van der Waals surface area contributed by atoms with Crippen LogP contribution in [-0.2, 0) is 10.0 Å². The standard InChI is InChI=1S/C17H16Cl2N2O4S/c1-10(2)25-12-5-7-16-15(9-12)20(3)17(22)21(26(16,23)24)11-4-6-13(18)14(19)8-11/h4-10H,1-3H3. The van der Waals surface area contributed by atoms with Crippen molar-refractivity contribution >= 4 is 50.6 Å². The molecule has 0 aliphatic carbocycles. The van der Waals surface area contributed by atoms with Crippen molar-refractivity contribution in [1.82, 2.24) is 0 Å². The van der Waals surface area contributed by atoms with Gasteiger partial charge >= 0.3 is 6.03 Å². The number of hydrogen-bond donors (Lipinski definition) is 0. The van der Waals surface area contributed by atoms with E-state index in [1.54, 1.807) is 6.07 Å². The number of carbonyl (C=O) groups excluding carboxylic acids is 1. The van der Waals surface area contributed by atoms with Gasteiger partial charge in [0.05, 0.1) is 27.5 Å². The summed E-state index contributed by atoms with van der Waals surface area (Å²) in [5.41, 5.74) is 0.369. The van der Waals surface area contributed by atoms with E-state index in [1.807, 2.05) is 13.8 Å². The molecule has 3 rings (SSSR count). The van der Waals surface area contributed by atoms with Crippen molar-refractivity contribution in [2.75, 3.05) is 16.3 Å². The Morgan fingerprint density at radius 1 is 1.04 bits per heavy atom. The van der Waals surface area contributed by atoms with E-state index in [0.717, 1.165) is 0 Å². The molecule has 9 heteroatoms. The minimum Gasteiger partial charge on any atom is -0.491 e. The molecule has 0 aromatic heterocycles. The van der Waals surface area contributed by atoms with Gasteiger partial charge in [0.15, 0.2) is 0 Å². The van der Waals surface area contributed by atoms with Crippen LogP contribution in [0.1, 0.15) is 13.8 Å². The fraction of sp³-hybridized carbons (Fsp3) is 0.235. The number of benzene rings is 2. The topological polar surface area (TPSA) is 66.9 Å². The number of amides is 2. The molecule has 0 fully saturated rings. The van der Waals surface area contributed by atoms with Crippen LogP contribution in [0.5, 0.6) is 5.75 Å². The number of sulfonamides is 1. The summed E-state index contributed by atoms with van der Waals surface area (Å²) in [6.45, 7) is 3.72. The largest absolute Gasteiger partial charge is 0.491 e. The average Bonchev–Trinajstić information content (AvgIpc) is 2.55. The van der Waals surface area contributed by atoms with E-state index in [9.17, 15) is 13.2 Å². The molecule has 0 saturated heterocycles. The van der Waals surface area contributed by atoms with Gasteiger partial charge in [-0.15, -0.1) is 0 Å². The van der Waals surface area contributed by atoms with Crippen LogP contribution in [0.3, 0.4) is 0 Å². The van der Waals surface area contributed by atoms with Gasteiger partial charge in [-0.25, -0.2) is 13.2 Å². The molecule has 0 spiro atoms. The molecule has 1 aliphatic rings. The van der Waals surface area contributed by atoms with Crippen LogP contribution in [-0.4, -0.2) is 27.6 Å². The molecule has 6 nitrogen and oxygen atoms in total. The number of nitrogens with zero attached hydrogens (tertiary/aromatic N) is 2. The maximum atomic E-state index is 13.1. The van der Waals surface area contributed by atoms with Crippen LogP contribution in [0.25, 0.3) is 0 Å². The minimum atomic E-state index is -4.11. The molecule has 0 bridgehead atoms. The van der Waals surface area contributed by atoms with Crippen LogP contribution in [0, 0.1) is 0 Å². The highest BCUT2D eigenvalue weighted by atomic mass is 35.5. The average molecular weight is 415 g/mol. The fourth-order valence-corrected chi connectivity index (χ4v) is 4.53. The molecule has 0 saturated carbocycles. The van der Waals surface area contributed by atoms with Crippen LogP contribution < -0.4 is 13.9 Å². The summed E-state index contributed by atoms with van der Waals surface area (Å²) >= 11 is 11.9. The second-order valence-corrected chi connectivity index (χ2v) is 8.58. The smallest absolute Gasteiger partial charge is 0.342 e. The lowest BCUT2D eigenvalue weighted by molar-refractivity contribution is 0.242. The van der Waals surface area contributed by atoms with Gasteiger partial charge in [-0.2, -0.15) is 4.31 Å². The third-order valence-electron chi connectivity index (χ3n) is 3.78. The Hall–Kier alpha value is -1.96. The van der Waals surface area contributed by atoms with Gasteiger partial charge in [0.2, 0.25) is 0 Å². The van der Waals surface area contributed by atoms with Crippen LogP contribution in [0.15, 0.2) is 41.3 Å². The number of rotatable bonds is 3. The molecule has 2 aromatic carbocycles. The highest BCUT2D eigenvalue weighted by molar-refractivity contribution is 7.94. The molecular formula is C17H16Cl2N2O4S. The van der Waals surface area contributed by atoms with Gasteiger partial charge in [-0.3, -0.25) is 4.90 Å². The predicted molar refractivity (Wildman–Crippen MR) is 102 cm³/mol. The van der Waals surface area contributed by atoms with Crippen molar-refractivity contribution in [3.05, 3.63) is 46.4 Å². The van der Waals surface area contributed by atoms with E-state index < -0.39 is 16.1 Å².